The number of nitrogens with zero attached hydrogens (tertiary/aromatic N) is 3. The summed E-state index contributed by atoms with van der Waals surface area (Å²) in [5.74, 6) is 4.59. The predicted octanol–water partition coefficient (Wildman–Crippen LogP) is 8.85. The van der Waals surface area contributed by atoms with Gasteiger partial charge in [0.15, 0.2) is 0 Å². The molecule has 6 aromatic carbocycles. The molecule has 9 rings (SSSR count). The quantitative estimate of drug-likeness (QED) is 0.137. The van der Waals surface area contributed by atoms with E-state index >= 15 is 0 Å². The molecule has 0 saturated carbocycles. The molecular weight excluding hydrogens is 673 g/mol. The number of hydrogen-bond donors (Lipinski definition) is 0. The monoisotopic (exact) mass is 709 g/mol. The molecule has 0 aromatic heterocycles. The Kier molecular flexibility index (Phi) is 7.56. The summed E-state index contributed by atoms with van der Waals surface area (Å²) in [5, 5.41) is 3.69. The third kappa shape index (κ3) is 4.66. The summed E-state index contributed by atoms with van der Waals surface area (Å²) in [4.78, 5) is 7.00. The number of ether oxygens (including phenoxy) is 6. The van der Waals surface area contributed by atoms with Gasteiger partial charge < -0.3 is 43.1 Å². The van der Waals surface area contributed by atoms with Crippen LogP contribution in [0.4, 0.5) is 51.2 Å². The van der Waals surface area contributed by atoms with E-state index < -0.39 is 7.92 Å². The van der Waals surface area contributed by atoms with Crippen LogP contribution in [0.2, 0.25) is 0 Å². The Balaban J connectivity index is 1.44. The van der Waals surface area contributed by atoms with E-state index in [9.17, 15) is 0 Å². The number of anilines is 9. The minimum atomic E-state index is -1.10. The second-order valence-electron chi connectivity index (χ2n) is 12.5. The molecule has 3 aliphatic rings. The summed E-state index contributed by atoms with van der Waals surface area (Å²) in [6.07, 6.45) is 0. The zero-order valence-corrected chi connectivity index (χ0v) is 30.5. The van der Waals surface area contributed by atoms with Gasteiger partial charge in [0.2, 0.25) is 0 Å². The second kappa shape index (κ2) is 12.3. The summed E-state index contributed by atoms with van der Waals surface area (Å²) >= 11 is 0. The summed E-state index contributed by atoms with van der Waals surface area (Å²) in [5.41, 5.74) is 9.21. The molecule has 0 saturated heterocycles. The Morgan fingerprint density at radius 3 is 0.712 bits per heavy atom. The van der Waals surface area contributed by atoms with Gasteiger partial charge in [-0.25, -0.2) is 0 Å². The van der Waals surface area contributed by atoms with Crippen molar-refractivity contribution in [3.63, 3.8) is 0 Å². The first-order valence-corrected chi connectivity index (χ1v) is 18.1. The van der Waals surface area contributed by atoms with Crippen molar-refractivity contribution in [1.29, 1.82) is 0 Å². The maximum Gasteiger partial charge on any atom is 0.123 e. The lowest BCUT2D eigenvalue weighted by molar-refractivity contribution is 0.414. The molecule has 0 radical (unpaired) electrons. The third-order valence-electron chi connectivity index (χ3n) is 9.94. The lowest BCUT2D eigenvalue weighted by atomic mass is 10.1. The molecule has 0 unspecified atom stereocenters. The fourth-order valence-electron chi connectivity index (χ4n) is 7.55. The molecular formula is C42H36N3O6P. The molecule has 260 valence electrons. The highest BCUT2D eigenvalue weighted by Crippen LogP contribution is 2.64. The molecule has 0 amide bonds. The van der Waals surface area contributed by atoms with Crippen molar-refractivity contribution >= 4 is 75.0 Å². The van der Waals surface area contributed by atoms with Crippen LogP contribution in [0.15, 0.2) is 109 Å². The Bertz CT molecular complexity index is 2010. The molecule has 3 aliphatic heterocycles. The van der Waals surface area contributed by atoms with Crippen molar-refractivity contribution in [3.05, 3.63) is 109 Å². The van der Waals surface area contributed by atoms with Gasteiger partial charge in [0.05, 0.1) is 76.8 Å². The van der Waals surface area contributed by atoms with Crippen molar-refractivity contribution in [1.82, 2.24) is 0 Å². The SMILES string of the molecule is COc1ccc(N2c3cc(OC)cc4c3P3c5c2cc(OC)cc5N(c2ccc(OC)cc2)c2cc(OC)cc(c23)N4c2ccc(OC)cc2)cc1. The van der Waals surface area contributed by atoms with Crippen LogP contribution in [-0.2, 0) is 0 Å². The molecule has 0 N–H and O–H groups in total. The van der Waals surface area contributed by atoms with E-state index in [-0.39, 0.29) is 0 Å². The Hall–Kier alpha value is -6.05. The normalized spacial score (nSPS) is 13.4. The van der Waals surface area contributed by atoms with Crippen LogP contribution in [0.5, 0.6) is 34.5 Å². The molecule has 0 spiro atoms. The largest absolute Gasteiger partial charge is 0.497 e. The first-order valence-electron chi connectivity index (χ1n) is 16.8. The first kappa shape index (κ1) is 31.9. The van der Waals surface area contributed by atoms with Crippen molar-refractivity contribution in [3.8, 4) is 34.5 Å². The number of methoxy groups -OCH3 is 6. The van der Waals surface area contributed by atoms with E-state index in [0.717, 1.165) is 85.7 Å². The molecule has 9 nitrogen and oxygen atoms in total. The summed E-state index contributed by atoms with van der Waals surface area (Å²) < 4.78 is 34.9. The van der Waals surface area contributed by atoms with Gasteiger partial charge in [0.1, 0.15) is 34.5 Å². The number of rotatable bonds is 9. The van der Waals surface area contributed by atoms with Gasteiger partial charge in [0.25, 0.3) is 0 Å². The van der Waals surface area contributed by atoms with E-state index in [4.69, 9.17) is 28.4 Å². The van der Waals surface area contributed by atoms with Crippen LogP contribution in [0.1, 0.15) is 0 Å². The molecule has 10 heteroatoms. The topological polar surface area (TPSA) is 65.1 Å². The van der Waals surface area contributed by atoms with Crippen molar-refractivity contribution in [2.24, 2.45) is 0 Å². The van der Waals surface area contributed by atoms with E-state index in [1.54, 1.807) is 42.7 Å². The fourth-order valence-corrected chi connectivity index (χ4v) is 10.6. The summed E-state index contributed by atoms with van der Waals surface area (Å²) in [6.45, 7) is 0. The first-order chi connectivity index (χ1) is 25.5. The smallest absolute Gasteiger partial charge is 0.123 e. The maximum atomic E-state index is 6.06. The fraction of sp³-hybridized carbons (Fsp3) is 0.143. The van der Waals surface area contributed by atoms with Crippen molar-refractivity contribution < 1.29 is 28.4 Å². The van der Waals surface area contributed by atoms with Gasteiger partial charge in [-0.05, 0) is 72.8 Å². The number of benzene rings is 6. The van der Waals surface area contributed by atoms with E-state index in [1.807, 2.05) is 36.4 Å². The van der Waals surface area contributed by atoms with Gasteiger partial charge in [0, 0.05) is 77.3 Å². The predicted molar refractivity (Wildman–Crippen MR) is 209 cm³/mol. The standard InChI is InChI=1S/C42H36N3O6P/c1-46-28-13-7-25(8-14-28)43-34-19-31(49-4)21-36-40(34)52-41-35(43)20-32(50-5)22-37(41)45(27-11-17-30(48-3)18-12-27)39-24-33(51-6)23-38(42(39)52)44(36)26-9-15-29(47-2)16-10-26/h7-24H,1-6H3. The summed E-state index contributed by atoms with van der Waals surface area (Å²) in [6, 6.07) is 37.5. The Labute approximate surface area is 303 Å². The van der Waals surface area contributed by atoms with Gasteiger partial charge in [-0.15, -0.1) is 0 Å². The Morgan fingerprint density at radius 2 is 0.519 bits per heavy atom. The van der Waals surface area contributed by atoms with Gasteiger partial charge in [-0.3, -0.25) is 0 Å². The molecule has 0 atom stereocenters. The summed E-state index contributed by atoms with van der Waals surface area (Å²) in [7, 11) is 9.12. The molecule has 0 bridgehead atoms. The Morgan fingerprint density at radius 1 is 0.308 bits per heavy atom. The molecule has 0 fully saturated rings. The zero-order chi connectivity index (χ0) is 35.7. The van der Waals surface area contributed by atoms with Crippen LogP contribution in [0, 0.1) is 0 Å². The average Bonchev–Trinajstić information content (AvgIpc) is 3.20. The van der Waals surface area contributed by atoms with Crippen LogP contribution in [-0.4, -0.2) is 42.7 Å². The van der Waals surface area contributed by atoms with Crippen LogP contribution in [0.25, 0.3) is 0 Å². The van der Waals surface area contributed by atoms with E-state index in [0.29, 0.717) is 0 Å². The van der Waals surface area contributed by atoms with Crippen molar-refractivity contribution in [2.45, 2.75) is 0 Å². The number of hydrogen-bond acceptors (Lipinski definition) is 9. The maximum absolute atomic E-state index is 6.06. The van der Waals surface area contributed by atoms with Gasteiger partial charge >= 0.3 is 0 Å². The molecule has 0 aliphatic carbocycles. The minimum absolute atomic E-state index is 0.746. The molecule has 6 aromatic rings. The third-order valence-corrected chi connectivity index (χ3v) is 12.7. The molecule has 52 heavy (non-hydrogen) atoms. The van der Waals surface area contributed by atoms with Crippen LogP contribution < -0.4 is 59.0 Å². The average molecular weight is 710 g/mol. The molecule has 3 heterocycles. The zero-order valence-electron chi connectivity index (χ0n) is 29.6. The van der Waals surface area contributed by atoms with Gasteiger partial charge in [-0.2, -0.15) is 0 Å². The lowest BCUT2D eigenvalue weighted by Gasteiger charge is -2.50. The van der Waals surface area contributed by atoms with Crippen molar-refractivity contribution in [2.75, 3.05) is 57.4 Å². The highest BCUT2D eigenvalue weighted by molar-refractivity contribution is 7.82. The minimum Gasteiger partial charge on any atom is -0.497 e. The highest BCUT2D eigenvalue weighted by Gasteiger charge is 2.48. The second-order valence-corrected chi connectivity index (χ2v) is 14.5. The van der Waals surface area contributed by atoms with Crippen LogP contribution in [0.3, 0.4) is 0 Å². The van der Waals surface area contributed by atoms with Gasteiger partial charge in [-0.1, -0.05) is 0 Å². The van der Waals surface area contributed by atoms with E-state index in [2.05, 4.69) is 87.5 Å². The lowest BCUT2D eigenvalue weighted by Crippen LogP contribution is -2.45. The van der Waals surface area contributed by atoms with Crippen LogP contribution >= 0.6 is 7.92 Å². The highest BCUT2D eigenvalue weighted by atomic mass is 31.1. The van der Waals surface area contributed by atoms with E-state index in [1.165, 1.54) is 15.9 Å².